The van der Waals surface area contributed by atoms with Crippen molar-refractivity contribution in [3.63, 3.8) is 0 Å². The quantitative estimate of drug-likeness (QED) is 0.617. The van der Waals surface area contributed by atoms with Crippen molar-refractivity contribution in [2.24, 2.45) is 11.8 Å². The Bertz CT molecular complexity index is 716. The third kappa shape index (κ3) is 3.56. The van der Waals surface area contributed by atoms with Gasteiger partial charge in [-0.05, 0) is 31.0 Å². The average molecular weight is 343 g/mol. The lowest BCUT2D eigenvalue weighted by molar-refractivity contribution is -0.139. The molecule has 132 valence electrons. The third-order valence-corrected chi connectivity index (χ3v) is 4.49. The normalized spacial score (nSPS) is 22.4. The predicted octanol–water partition coefficient (Wildman–Crippen LogP) is 1.02. The minimum absolute atomic E-state index is 0.147. The Morgan fingerprint density at radius 2 is 2.04 bits per heavy atom. The number of hydrogen-bond acceptors (Lipinski definition) is 4. The highest BCUT2D eigenvalue weighted by molar-refractivity contribution is 6.05. The topological polar surface area (TPSA) is 87.7 Å². The van der Waals surface area contributed by atoms with Gasteiger partial charge < -0.3 is 10.1 Å². The molecule has 3 amide bonds. The molecular weight excluding hydrogens is 322 g/mol. The zero-order valence-electron chi connectivity index (χ0n) is 14.0. The first-order valence-corrected chi connectivity index (χ1v) is 8.28. The van der Waals surface area contributed by atoms with Crippen molar-refractivity contribution in [2.75, 3.05) is 25.3 Å². The number of fused-ring (bicyclic) bond motifs is 1. The fourth-order valence-corrected chi connectivity index (χ4v) is 3.14. The number of rotatable bonds is 5. The molecule has 1 heterocycles. The number of anilines is 1. The number of ether oxygens (including phenoxy) is 1. The molecule has 1 aliphatic carbocycles. The molecule has 1 aromatic carbocycles. The molecule has 1 aromatic rings. The summed E-state index contributed by atoms with van der Waals surface area (Å²) in [7, 11) is 1.56. The van der Waals surface area contributed by atoms with Crippen LogP contribution in [0.4, 0.5) is 5.69 Å². The summed E-state index contributed by atoms with van der Waals surface area (Å²) in [4.78, 5) is 37.2. The number of amides is 3. The van der Waals surface area contributed by atoms with E-state index < -0.39 is 0 Å². The van der Waals surface area contributed by atoms with Crippen LogP contribution in [-0.4, -0.2) is 38.0 Å². The summed E-state index contributed by atoms with van der Waals surface area (Å²) in [5, 5.41) is 3.99. The molecular formula is C18H21N3O4. The fraction of sp³-hybridized carbons (Fsp3) is 0.389. The minimum atomic E-state index is -0.349. The number of nitrogens with zero attached hydrogens (tertiary/aromatic N) is 1. The van der Waals surface area contributed by atoms with Gasteiger partial charge in [-0.2, -0.15) is 0 Å². The van der Waals surface area contributed by atoms with Crippen LogP contribution < -0.4 is 15.8 Å². The van der Waals surface area contributed by atoms with E-state index >= 15 is 0 Å². The van der Waals surface area contributed by atoms with Gasteiger partial charge in [-0.3, -0.25) is 19.8 Å². The second kappa shape index (κ2) is 7.48. The van der Waals surface area contributed by atoms with E-state index in [-0.39, 0.29) is 29.6 Å². The summed E-state index contributed by atoms with van der Waals surface area (Å²) in [6.45, 7) is 0.817. The molecule has 1 aliphatic heterocycles. The molecule has 25 heavy (non-hydrogen) atoms. The van der Waals surface area contributed by atoms with E-state index in [2.05, 4.69) is 10.7 Å². The van der Waals surface area contributed by atoms with Gasteiger partial charge in [-0.15, -0.1) is 0 Å². The number of carbonyl (C=O) groups is 3. The Balaban J connectivity index is 1.78. The van der Waals surface area contributed by atoms with Crippen LogP contribution in [0.15, 0.2) is 36.4 Å². The van der Waals surface area contributed by atoms with Crippen molar-refractivity contribution in [2.45, 2.75) is 12.8 Å². The summed E-state index contributed by atoms with van der Waals surface area (Å²) in [6.07, 6.45) is 5.02. The van der Waals surface area contributed by atoms with Gasteiger partial charge in [0.05, 0.1) is 24.1 Å². The van der Waals surface area contributed by atoms with Crippen LogP contribution in [0.25, 0.3) is 0 Å². The van der Waals surface area contributed by atoms with E-state index in [9.17, 15) is 14.4 Å². The first-order valence-electron chi connectivity index (χ1n) is 8.28. The molecule has 7 nitrogen and oxygen atoms in total. The van der Waals surface area contributed by atoms with Gasteiger partial charge >= 0.3 is 0 Å². The van der Waals surface area contributed by atoms with E-state index in [1.54, 1.807) is 31.4 Å². The second-order valence-electron chi connectivity index (χ2n) is 6.10. The molecule has 0 aromatic heterocycles. The smallest absolute Gasteiger partial charge is 0.251 e. The maximum atomic E-state index is 12.8. The van der Waals surface area contributed by atoms with Crippen LogP contribution >= 0.6 is 0 Å². The van der Waals surface area contributed by atoms with Gasteiger partial charge in [0, 0.05) is 19.2 Å². The van der Waals surface area contributed by atoms with Crippen molar-refractivity contribution >= 4 is 23.4 Å². The molecule has 7 heteroatoms. The monoisotopic (exact) mass is 343 g/mol. The van der Waals surface area contributed by atoms with Gasteiger partial charge in [0.15, 0.2) is 0 Å². The highest BCUT2D eigenvalue weighted by Gasteiger charge is 2.42. The van der Waals surface area contributed by atoms with Crippen LogP contribution in [-0.2, 0) is 14.3 Å². The lowest BCUT2D eigenvalue weighted by Crippen LogP contribution is -2.59. The molecule has 0 radical (unpaired) electrons. The highest BCUT2D eigenvalue weighted by Crippen LogP contribution is 2.32. The largest absolute Gasteiger partial charge is 0.383 e. The van der Waals surface area contributed by atoms with Gasteiger partial charge in [0.1, 0.15) is 0 Å². The van der Waals surface area contributed by atoms with E-state index in [0.29, 0.717) is 37.2 Å². The molecule has 3 rings (SSSR count). The van der Waals surface area contributed by atoms with E-state index in [4.69, 9.17) is 4.74 Å². The number of benzene rings is 1. The number of hydrogen-bond donors (Lipinski definition) is 2. The van der Waals surface area contributed by atoms with Crippen molar-refractivity contribution in [3.8, 4) is 0 Å². The van der Waals surface area contributed by atoms with Gasteiger partial charge in [0.25, 0.3) is 5.91 Å². The van der Waals surface area contributed by atoms with Crippen molar-refractivity contribution in [3.05, 3.63) is 42.0 Å². The van der Waals surface area contributed by atoms with Crippen molar-refractivity contribution < 1.29 is 19.1 Å². The molecule has 0 saturated carbocycles. The zero-order chi connectivity index (χ0) is 17.8. The molecule has 2 N–H and O–H groups in total. The summed E-state index contributed by atoms with van der Waals surface area (Å²) in [6, 6.07) is 6.64. The second-order valence-corrected chi connectivity index (χ2v) is 6.10. The molecule has 1 fully saturated rings. The van der Waals surface area contributed by atoms with E-state index in [1.165, 1.54) is 5.01 Å². The Morgan fingerprint density at radius 3 is 2.80 bits per heavy atom. The molecule has 2 aliphatic rings. The summed E-state index contributed by atoms with van der Waals surface area (Å²) in [5.41, 5.74) is 3.55. The van der Waals surface area contributed by atoms with Crippen LogP contribution in [0, 0.1) is 11.8 Å². The van der Waals surface area contributed by atoms with E-state index in [0.717, 1.165) is 0 Å². The number of hydrazine groups is 1. The van der Waals surface area contributed by atoms with Gasteiger partial charge in [0.2, 0.25) is 11.8 Å². The highest BCUT2D eigenvalue weighted by atomic mass is 16.5. The summed E-state index contributed by atoms with van der Waals surface area (Å²) >= 11 is 0. The SMILES string of the molecule is COCCNC(=O)c1cccc(N2NC(=O)[C@H]3CC=CC[C@@H]3C2=O)c1. The van der Waals surface area contributed by atoms with Crippen molar-refractivity contribution in [1.82, 2.24) is 10.7 Å². The maximum absolute atomic E-state index is 12.8. The Morgan fingerprint density at radius 1 is 1.28 bits per heavy atom. The summed E-state index contributed by atoms with van der Waals surface area (Å²) in [5.74, 6) is -1.23. The molecule has 1 saturated heterocycles. The Labute approximate surface area is 146 Å². The molecule has 0 bridgehead atoms. The van der Waals surface area contributed by atoms with E-state index in [1.807, 2.05) is 12.2 Å². The standard InChI is InChI=1S/C18H21N3O4/c1-25-10-9-19-16(22)12-5-4-6-13(11-12)21-18(24)15-8-3-2-7-14(15)17(23)20-21/h2-6,11,14-15H,7-10H2,1H3,(H,19,22)(H,20,23)/t14-,15-/m0/s1. The first kappa shape index (κ1) is 17.2. The fourth-order valence-electron chi connectivity index (χ4n) is 3.14. The number of methoxy groups -OCH3 is 1. The summed E-state index contributed by atoms with van der Waals surface area (Å²) < 4.78 is 4.90. The van der Waals surface area contributed by atoms with Crippen LogP contribution in [0.5, 0.6) is 0 Å². The first-order chi connectivity index (χ1) is 12.1. The number of allylic oxidation sites excluding steroid dienone is 2. The minimum Gasteiger partial charge on any atom is -0.383 e. The molecule has 0 spiro atoms. The molecule has 0 unspecified atom stereocenters. The van der Waals surface area contributed by atoms with Crippen LogP contribution in [0.2, 0.25) is 0 Å². The predicted molar refractivity (Wildman–Crippen MR) is 91.6 cm³/mol. The zero-order valence-corrected chi connectivity index (χ0v) is 14.0. The molecule has 2 atom stereocenters. The maximum Gasteiger partial charge on any atom is 0.251 e. The number of nitrogens with one attached hydrogen (secondary N) is 2. The van der Waals surface area contributed by atoms with Crippen LogP contribution in [0.3, 0.4) is 0 Å². The van der Waals surface area contributed by atoms with Crippen molar-refractivity contribution in [1.29, 1.82) is 0 Å². The Kier molecular flexibility index (Phi) is 5.14. The Hall–Kier alpha value is -2.67. The van der Waals surface area contributed by atoms with Gasteiger partial charge in [-0.25, -0.2) is 5.01 Å². The van der Waals surface area contributed by atoms with Gasteiger partial charge in [-0.1, -0.05) is 18.2 Å². The number of carbonyl (C=O) groups excluding carboxylic acids is 3. The van der Waals surface area contributed by atoms with Crippen LogP contribution in [0.1, 0.15) is 23.2 Å². The lowest BCUT2D eigenvalue weighted by Gasteiger charge is -2.38. The average Bonchev–Trinajstić information content (AvgIpc) is 2.65. The third-order valence-electron chi connectivity index (χ3n) is 4.49. The lowest BCUT2D eigenvalue weighted by atomic mass is 9.80.